The Morgan fingerprint density at radius 1 is 1.13 bits per heavy atom. The van der Waals surface area contributed by atoms with Gasteiger partial charge in [-0.25, -0.2) is 0 Å². The van der Waals surface area contributed by atoms with Gasteiger partial charge in [0.15, 0.2) is 0 Å². The van der Waals surface area contributed by atoms with E-state index in [2.05, 4.69) is 30.3 Å². The standard InChI is InChI=1S/C8H15N3.2C2H6/c1-8-7-10(3)5-4-6-11(8)9-2;2*1-2/h1-2,4-7H2,3H3;2*1-2H3. The fourth-order valence-electron chi connectivity index (χ4n) is 1.29. The van der Waals surface area contributed by atoms with Gasteiger partial charge in [0.1, 0.15) is 0 Å². The monoisotopic (exact) mass is 213 g/mol. The molecule has 3 nitrogen and oxygen atoms in total. The minimum atomic E-state index is 0.902. The molecule has 0 aliphatic carbocycles. The lowest BCUT2D eigenvalue weighted by molar-refractivity contribution is 0.360. The van der Waals surface area contributed by atoms with E-state index in [-0.39, 0.29) is 0 Å². The Hall–Kier alpha value is -0.830. The van der Waals surface area contributed by atoms with Gasteiger partial charge < -0.3 is 4.90 Å². The van der Waals surface area contributed by atoms with Crippen molar-refractivity contribution in [3.05, 3.63) is 12.3 Å². The van der Waals surface area contributed by atoms with Crippen molar-refractivity contribution in [2.45, 2.75) is 34.1 Å². The average Bonchev–Trinajstić information content (AvgIpc) is 2.44. The third kappa shape index (κ3) is 7.14. The topological polar surface area (TPSA) is 18.8 Å². The van der Waals surface area contributed by atoms with Gasteiger partial charge in [-0.15, -0.1) is 0 Å². The molecule has 1 fully saturated rings. The summed E-state index contributed by atoms with van der Waals surface area (Å²) in [5, 5.41) is 5.76. The number of hydrogen-bond donors (Lipinski definition) is 0. The second-order valence-corrected chi connectivity index (χ2v) is 2.92. The van der Waals surface area contributed by atoms with Crippen LogP contribution in [0.15, 0.2) is 17.4 Å². The molecule has 1 saturated heterocycles. The van der Waals surface area contributed by atoms with Crippen LogP contribution in [-0.4, -0.2) is 43.3 Å². The molecule has 0 bridgehead atoms. The van der Waals surface area contributed by atoms with E-state index >= 15 is 0 Å². The average molecular weight is 213 g/mol. The molecule has 0 atom stereocenters. The molecule has 0 unspecified atom stereocenters. The first-order chi connectivity index (χ1) is 7.24. The van der Waals surface area contributed by atoms with Crippen LogP contribution in [-0.2, 0) is 0 Å². The molecule has 3 heteroatoms. The SMILES string of the molecule is C=NN1CCCN(C)CC1=C.CC.CC. The van der Waals surface area contributed by atoms with Gasteiger partial charge in [0, 0.05) is 32.0 Å². The van der Waals surface area contributed by atoms with Crippen LogP contribution in [0.1, 0.15) is 34.1 Å². The summed E-state index contributed by atoms with van der Waals surface area (Å²) in [5.74, 6) is 0. The first-order valence-electron chi connectivity index (χ1n) is 5.84. The lowest BCUT2D eigenvalue weighted by Crippen LogP contribution is -2.22. The third-order valence-corrected chi connectivity index (χ3v) is 1.90. The van der Waals surface area contributed by atoms with Crippen LogP contribution in [0.4, 0.5) is 0 Å². The molecule has 0 aromatic rings. The van der Waals surface area contributed by atoms with Gasteiger partial charge in [0.05, 0.1) is 0 Å². The number of hydrazone groups is 1. The highest BCUT2D eigenvalue weighted by molar-refractivity contribution is 5.23. The number of hydrogen-bond acceptors (Lipinski definition) is 3. The fourth-order valence-corrected chi connectivity index (χ4v) is 1.29. The van der Waals surface area contributed by atoms with Crippen molar-refractivity contribution in [3.8, 4) is 0 Å². The Morgan fingerprint density at radius 3 is 2.13 bits per heavy atom. The summed E-state index contributed by atoms with van der Waals surface area (Å²) in [6.45, 7) is 18.4. The van der Waals surface area contributed by atoms with Gasteiger partial charge in [-0.3, -0.25) is 5.01 Å². The molecule has 0 aromatic carbocycles. The zero-order chi connectivity index (χ0) is 12.3. The molecule has 0 radical (unpaired) electrons. The van der Waals surface area contributed by atoms with E-state index in [9.17, 15) is 0 Å². The quantitative estimate of drug-likeness (QED) is 0.624. The molecule has 0 N–H and O–H groups in total. The summed E-state index contributed by atoms with van der Waals surface area (Å²) in [6, 6.07) is 0. The maximum absolute atomic E-state index is 3.93. The largest absolute Gasteiger partial charge is 0.301 e. The van der Waals surface area contributed by atoms with E-state index in [1.807, 2.05) is 32.7 Å². The third-order valence-electron chi connectivity index (χ3n) is 1.90. The Labute approximate surface area is 95.5 Å². The molecular formula is C12H27N3. The molecule has 1 heterocycles. The van der Waals surface area contributed by atoms with Crippen LogP contribution in [0.5, 0.6) is 0 Å². The first-order valence-corrected chi connectivity index (χ1v) is 5.84. The summed E-state index contributed by atoms with van der Waals surface area (Å²) < 4.78 is 0. The summed E-state index contributed by atoms with van der Waals surface area (Å²) in [7, 11) is 2.10. The first kappa shape index (κ1) is 16.6. The Bertz CT molecular complexity index is 166. The van der Waals surface area contributed by atoms with Crippen LogP contribution in [0.3, 0.4) is 0 Å². The molecule has 0 aromatic heterocycles. The summed E-state index contributed by atoms with van der Waals surface area (Å²) >= 11 is 0. The van der Waals surface area contributed by atoms with Crippen molar-refractivity contribution < 1.29 is 0 Å². The number of likely N-dealkylation sites (N-methyl/N-ethyl adjacent to an activating group) is 1. The molecule has 0 amide bonds. The molecular weight excluding hydrogens is 186 g/mol. The predicted molar refractivity (Wildman–Crippen MR) is 70.2 cm³/mol. The minimum absolute atomic E-state index is 0.902. The van der Waals surface area contributed by atoms with E-state index in [1.165, 1.54) is 0 Å². The van der Waals surface area contributed by atoms with Crippen molar-refractivity contribution in [3.63, 3.8) is 0 Å². The Balaban J connectivity index is 0. The highest BCUT2D eigenvalue weighted by Gasteiger charge is 2.12. The fraction of sp³-hybridized carbons (Fsp3) is 0.750. The van der Waals surface area contributed by atoms with Gasteiger partial charge in [-0.05, 0) is 13.5 Å². The maximum atomic E-state index is 3.93. The molecule has 1 aliphatic rings. The van der Waals surface area contributed by atoms with Crippen LogP contribution >= 0.6 is 0 Å². The highest BCUT2D eigenvalue weighted by Crippen LogP contribution is 2.09. The minimum Gasteiger partial charge on any atom is -0.301 e. The van der Waals surface area contributed by atoms with E-state index < -0.39 is 0 Å². The van der Waals surface area contributed by atoms with Gasteiger partial charge in [0.2, 0.25) is 0 Å². The molecule has 0 spiro atoms. The normalized spacial score (nSPS) is 16.6. The van der Waals surface area contributed by atoms with E-state index in [0.717, 1.165) is 31.8 Å². The lowest BCUT2D eigenvalue weighted by Gasteiger charge is -2.18. The van der Waals surface area contributed by atoms with E-state index in [1.54, 1.807) is 0 Å². The number of rotatable bonds is 1. The summed E-state index contributed by atoms with van der Waals surface area (Å²) in [4.78, 5) is 2.24. The smallest absolute Gasteiger partial charge is 0.0436 e. The maximum Gasteiger partial charge on any atom is 0.0436 e. The summed E-state index contributed by atoms with van der Waals surface area (Å²) in [6.07, 6.45) is 1.13. The molecule has 1 aliphatic heterocycles. The van der Waals surface area contributed by atoms with Crippen molar-refractivity contribution >= 4 is 6.72 Å². The van der Waals surface area contributed by atoms with Gasteiger partial charge >= 0.3 is 0 Å². The van der Waals surface area contributed by atoms with Crippen molar-refractivity contribution in [1.29, 1.82) is 0 Å². The molecule has 90 valence electrons. The van der Waals surface area contributed by atoms with Crippen molar-refractivity contribution in [2.24, 2.45) is 5.10 Å². The molecule has 15 heavy (non-hydrogen) atoms. The van der Waals surface area contributed by atoms with E-state index in [4.69, 9.17) is 0 Å². The van der Waals surface area contributed by atoms with Crippen LogP contribution < -0.4 is 0 Å². The second kappa shape index (κ2) is 11.2. The Kier molecular flexibility index (Phi) is 12.4. The van der Waals surface area contributed by atoms with Crippen LogP contribution in [0, 0.1) is 0 Å². The predicted octanol–water partition coefficient (Wildman–Crippen LogP) is 2.81. The van der Waals surface area contributed by atoms with Gasteiger partial charge in [-0.1, -0.05) is 34.3 Å². The van der Waals surface area contributed by atoms with Crippen molar-refractivity contribution in [2.75, 3.05) is 26.7 Å². The van der Waals surface area contributed by atoms with Gasteiger partial charge in [0.25, 0.3) is 0 Å². The van der Waals surface area contributed by atoms with Crippen LogP contribution in [0.25, 0.3) is 0 Å². The zero-order valence-corrected chi connectivity index (χ0v) is 11.1. The summed E-state index contributed by atoms with van der Waals surface area (Å²) in [5.41, 5.74) is 1.04. The molecule has 1 rings (SSSR count). The van der Waals surface area contributed by atoms with Crippen LogP contribution in [0.2, 0.25) is 0 Å². The van der Waals surface area contributed by atoms with Crippen molar-refractivity contribution in [1.82, 2.24) is 9.91 Å². The highest BCUT2D eigenvalue weighted by atomic mass is 15.5. The zero-order valence-electron chi connectivity index (χ0n) is 11.1. The van der Waals surface area contributed by atoms with Gasteiger partial charge in [-0.2, -0.15) is 5.10 Å². The molecule has 0 saturated carbocycles. The number of nitrogens with zero attached hydrogens (tertiary/aromatic N) is 3. The Morgan fingerprint density at radius 2 is 1.67 bits per heavy atom. The van der Waals surface area contributed by atoms with E-state index in [0.29, 0.717) is 0 Å². The lowest BCUT2D eigenvalue weighted by atomic mass is 10.4. The second-order valence-electron chi connectivity index (χ2n) is 2.92.